The van der Waals surface area contributed by atoms with Crippen molar-refractivity contribution in [2.24, 2.45) is 0 Å². The van der Waals surface area contributed by atoms with Gasteiger partial charge in [-0.15, -0.1) is 10.1 Å². The van der Waals surface area contributed by atoms with E-state index in [0.717, 1.165) is 0 Å². The van der Waals surface area contributed by atoms with Crippen molar-refractivity contribution in [3.8, 4) is 0 Å². The number of carbonyl (C=O) groups is 3. The maximum atomic E-state index is 12.2. The van der Waals surface area contributed by atoms with Gasteiger partial charge in [0.15, 0.2) is 0 Å². The van der Waals surface area contributed by atoms with Gasteiger partial charge in [-0.1, -0.05) is 0 Å². The van der Waals surface area contributed by atoms with Gasteiger partial charge < -0.3 is 24.9 Å². The number of nitrogens with zero attached hydrogens (tertiary/aromatic N) is 2. The van der Waals surface area contributed by atoms with Crippen LogP contribution < -0.4 is 5.32 Å². The monoisotopic (exact) mass is 375 g/mol. The van der Waals surface area contributed by atoms with E-state index in [0.29, 0.717) is 25.9 Å². The lowest BCUT2D eigenvalue weighted by molar-refractivity contribution is -0.769. The number of alkyl carbamates (subject to hydrolysis) is 1. The summed E-state index contributed by atoms with van der Waals surface area (Å²) in [5.41, 5.74) is -0.765. The lowest BCUT2D eigenvalue weighted by Gasteiger charge is -2.31. The largest absolute Gasteiger partial charge is 0.480 e. The molecule has 2 N–H and O–H groups in total. The molecule has 0 aromatic carbocycles. The van der Waals surface area contributed by atoms with Crippen molar-refractivity contribution in [1.82, 2.24) is 10.2 Å². The predicted octanol–water partition coefficient (Wildman–Crippen LogP) is 0.944. The van der Waals surface area contributed by atoms with Gasteiger partial charge in [0.25, 0.3) is 5.09 Å². The van der Waals surface area contributed by atoms with E-state index in [9.17, 15) is 29.6 Å². The highest BCUT2D eigenvalue weighted by atomic mass is 17.0. The Hall–Kier alpha value is -2.59. The second kappa shape index (κ2) is 9.20. The second-order valence-electron chi connectivity index (χ2n) is 6.98. The van der Waals surface area contributed by atoms with Crippen LogP contribution in [0.4, 0.5) is 4.79 Å². The molecule has 0 bridgehead atoms. The van der Waals surface area contributed by atoms with Gasteiger partial charge in [0.05, 0.1) is 0 Å². The first kappa shape index (κ1) is 21.5. The third-order valence-corrected chi connectivity index (χ3v) is 3.67. The topological polar surface area (TPSA) is 148 Å². The SMILES string of the molecule is CC(C)(C)OC(=O)N[C@@H](CCC(=O)N1CCC(O[N+](=O)[O-])CC1)C(=O)O. The molecule has 26 heavy (non-hydrogen) atoms. The number of ether oxygens (including phenoxy) is 1. The summed E-state index contributed by atoms with van der Waals surface area (Å²) in [6.45, 7) is 5.55. The number of piperidine rings is 1. The Balaban J connectivity index is 2.44. The number of hydrogen-bond acceptors (Lipinski definition) is 7. The fourth-order valence-corrected chi connectivity index (χ4v) is 2.47. The van der Waals surface area contributed by atoms with Crippen LogP contribution in [-0.4, -0.2) is 63.9 Å². The minimum atomic E-state index is -1.26. The van der Waals surface area contributed by atoms with Gasteiger partial charge in [0.1, 0.15) is 17.7 Å². The number of carboxylic acid groups (broad SMARTS) is 1. The van der Waals surface area contributed by atoms with Gasteiger partial charge >= 0.3 is 12.1 Å². The number of likely N-dealkylation sites (tertiary alicyclic amines) is 1. The molecule has 1 rings (SSSR count). The molecule has 1 aliphatic heterocycles. The molecule has 1 aliphatic rings. The van der Waals surface area contributed by atoms with Crippen LogP contribution in [0.1, 0.15) is 46.5 Å². The molecule has 0 aliphatic carbocycles. The summed E-state index contributed by atoms with van der Waals surface area (Å²) >= 11 is 0. The highest BCUT2D eigenvalue weighted by molar-refractivity contribution is 5.82. The van der Waals surface area contributed by atoms with Gasteiger partial charge in [-0.3, -0.25) is 4.79 Å². The highest BCUT2D eigenvalue weighted by Gasteiger charge is 2.28. The summed E-state index contributed by atoms with van der Waals surface area (Å²) in [6.07, 6.45) is -0.882. The first-order chi connectivity index (χ1) is 12.0. The second-order valence-corrected chi connectivity index (χ2v) is 6.98. The number of amides is 2. The summed E-state index contributed by atoms with van der Waals surface area (Å²) in [7, 11) is 0. The van der Waals surface area contributed by atoms with Crippen molar-refractivity contribution in [2.75, 3.05) is 13.1 Å². The molecule has 0 saturated carbocycles. The van der Waals surface area contributed by atoms with Crippen LogP contribution in [0, 0.1) is 10.1 Å². The van der Waals surface area contributed by atoms with Crippen molar-refractivity contribution >= 4 is 18.0 Å². The highest BCUT2D eigenvalue weighted by Crippen LogP contribution is 2.15. The smallest absolute Gasteiger partial charge is 0.408 e. The van der Waals surface area contributed by atoms with Crippen LogP contribution in [0.25, 0.3) is 0 Å². The average Bonchev–Trinajstić information content (AvgIpc) is 2.49. The summed E-state index contributed by atoms with van der Waals surface area (Å²) < 4.78 is 5.01. The number of rotatable bonds is 7. The normalized spacial score (nSPS) is 16.5. The quantitative estimate of drug-likeness (QED) is 0.493. The molecule has 0 spiro atoms. The fraction of sp³-hybridized carbons (Fsp3) is 0.800. The van der Waals surface area contributed by atoms with Crippen molar-refractivity contribution in [1.29, 1.82) is 0 Å². The zero-order chi connectivity index (χ0) is 19.9. The third kappa shape index (κ3) is 7.99. The number of carboxylic acids is 1. The Morgan fingerprint density at radius 2 is 1.88 bits per heavy atom. The Labute approximate surface area is 150 Å². The van der Waals surface area contributed by atoms with Crippen LogP contribution in [0.2, 0.25) is 0 Å². The minimum Gasteiger partial charge on any atom is -0.480 e. The number of aliphatic carboxylic acids is 1. The van der Waals surface area contributed by atoms with Gasteiger partial charge in [-0.05, 0) is 40.0 Å². The van der Waals surface area contributed by atoms with Crippen molar-refractivity contribution < 1.29 is 34.2 Å². The van der Waals surface area contributed by atoms with E-state index in [2.05, 4.69) is 10.2 Å². The lowest BCUT2D eigenvalue weighted by atomic mass is 10.1. The van der Waals surface area contributed by atoms with E-state index in [1.165, 1.54) is 4.90 Å². The van der Waals surface area contributed by atoms with Gasteiger partial charge in [-0.25, -0.2) is 9.59 Å². The summed E-state index contributed by atoms with van der Waals surface area (Å²) in [4.78, 5) is 51.4. The molecule has 1 saturated heterocycles. The van der Waals surface area contributed by atoms with Crippen molar-refractivity contribution in [3.05, 3.63) is 10.1 Å². The molecule has 11 nitrogen and oxygen atoms in total. The zero-order valence-electron chi connectivity index (χ0n) is 15.1. The zero-order valence-corrected chi connectivity index (χ0v) is 15.1. The third-order valence-electron chi connectivity index (χ3n) is 3.67. The minimum absolute atomic E-state index is 0.0759. The van der Waals surface area contributed by atoms with E-state index in [1.807, 2.05) is 0 Å². The Kier molecular flexibility index (Phi) is 7.59. The maximum absolute atomic E-state index is 12.2. The molecular formula is C15H25N3O8. The van der Waals surface area contributed by atoms with Crippen LogP contribution in [0.15, 0.2) is 0 Å². The fourth-order valence-electron chi connectivity index (χ4n) is 2.47. The molecule has 148 valence electrons. The summed E-state index contributed by atoms with van der Waals surface area (Å²) in [5.74, 6) is -1.54. The number of nitrogens with one attached hydrogen (secondary N) is 1. The molecule has 0 aromatic heterocycles. The van der Waals surface area contributed by atoms with E-state index in [4.69, 9.17) is 4.74 Å². The van der Waals surface area contributed by atoms with E-state index < -0.39 is 34.9 Å². The Morgan fingerprint density at radius 1 is 1.31 bits per heavy atom. The Bertz CT molecular complexity index is 537. The molecule has 0 unspecified atom stereocenters. The van der Waals surface area contributed by atoms with Crippen molar-refractivity contribution in [2.45, 2.75) is 64.2 Å². The molecule has 0 aromatic rings. The summed E-state index contributed by atoms with van der Waals surface area (Å²) in [5, 5.41) is 20.9. The molecule has 1 atom stereocenters. The van der Waals surface area contributed by atoms with Crippen LogP contribution in [0.5, 0.6) is 0 Å². The maximum Gasteiger partial charge on any atom is 0.408 e. The standard InChI is InChI=1S/C15H25N3O8/c1-15(2,3)25-14(22)16-11(13(20)21)4-5-12(19)17-8-6-10(7-9-17)26-18(23)24/h10-11H,4-9H2,1-3H3,(H,16,22)(H,20,21)/t11-/m0/s1. The molecule has 1 fully saturated rings. The van der Waals surface area contributed by atoms with E-state index >= 15 is 0 Å². The number of carbonyl (C=O) groups excluding carboxylic acids is 2. The first-order valence-electron chi connectivity index (χ1n) is 8.29. The van der Waals surface area contributed by atoms with E-state index in [-0.39, 0.29) is 18.7 Å². The Morgan fingerprint density at radius 3 is 2.35 bits per heavy atom. The molecule has 11 heteroatoms. The van der Waals surface area contributed by atoms with Crippen LogP contribution in [-0.2, 0) is 19.2 Å². The molecular weight excluding hydrogens is 350 g/mol. The van der Waals surface area contributed by atoms with Gasteiger partial charge in [-0.2, -0.15) is 0 Å². The average molecular weight is 375 g/mol. The predicted molar refractivity (Wildman–Crippen MR) is 87.7 cm³/mol. The first-order valence-corrected chi connectivity index (χ1v) is 8.29. The van der Waals surface area contributed by atoms with E-state index in [1.54, 1.807) is 20.8 Å². The summed E-state index contributed by atoms with van der Waals surface area (Å²) in [6, 6.07) is -1.25. The molecule has 2 amide bonds. The van der Waals surface area contributed by atoms with Crippen molar-refractivity contribution in [3.63, 3.8) is 0 Å². The van der Waals surface area contributed by atoms with Crippen LogP contribution in [0.3, 0.4) is 0 Å². The van der Waals surface area contributed by atoms with Crippen LogP contribution >= 0.6 is 0 Å². The van der Waals surface area contributed by atoms with Gasteiger partial charge in [0.2, 0.25) is 5.91 Å². The number of hydrogen-bond donors (Lipinski definition) is 2. The molecule has 0 radical (unpaired) electrons. The molecule has 1 heterocycles. The van der Waals surface area contributed by atoms with Gasteiger partial charge in [0, 0.05) is 19.5 Å². The lowest BCUT2D eigenvalue weighted by Crippen LogP contribution is -2.45.